The van der Waals surface area contributed by atoms with Gasteiger partial charge in [0.2, 0.25) is 0 Å². The van der Waals surface area contributed by atoms with Gasteiger partial charge in [-0.3, -0.25) is 4.79 Å². The van der Waals surface area contributed by atoms with E-state index in [0.29, 0.717) is 32.2 Å². The van der Waals surface area contributed by atoms with Crippen molar-refractivity contribution in [2.24, 2.45) is 0 Å². The minimum absolute atomic E-state index is 0.130. The molecule has 2 heterocycles. The number of amides is 1. The normalized spacial score (nSPS) is 20.9. The molecule has 1 N–H and O–H groups in total. The van der Waals surface area contributed by atoms with Crippen LogP contribution in [0.4, 0.5) is 0 Å². The molecule has 4 heteroatoms. The largest absolute Gasteiger partial charge is 0.378 e. The lowest BCUT2D eigenvalue weighted by atomic mass is 9.90. The fourth-order valence-corrected chi connectivity index (χ4v) is 3.00. The van der Waals surface area contributed by atoms with Crippen LogP contribution in [0.5, 0.6) is 0 Å². The topological polar surface area (TPSA) is 41.6 Å². The fourth-order valence-electron chi connectivity index (χ4n) is 3.00. The number of nitrogens with zero attached hydrogens (tertiary/aromatic N) is 1. The Balaban J connectivity index is 1.67. The van der Waals surface area contributed by atoms with E-state index in [4.69, 9.17) is 4.74 Å². The first-order chi connectivity index (χ1) is 9.84. The summed E-state index contributed by atoms with van der Waals surface area (Å²) in [7, 11) is 0. The molecular formula is C16H22N2O2. The molecule has 108 valence electrons. The monoisotopic (exact) mass is 274 g/mol. The van der Waals surface area contributed by atoms with Crippen molar-refractivity contribution in [2.45, 2.75) is 18.8 Å². The zero-order chi connectivity index (χ0) is 13.8. The van der Waals surface area contributed by atoms with Crippen LogP contribution in [0.2, 0.25) is 0 Å². The number of morpholine rings is 1. The first kappa shape index (κ1) is 13.6. The maximum Gasteiger partial charge on any atom is 0.254 e. The third-order valence-corrected chi connectivity index (χ3v) is 4.27. The molecule has 2 fully saturated rings. The Bertz CT molecular complexity index is 446. The molecule has 0 aromatic heterocycles. The number of hydrogen-bond acceptors (Lipinski definition) is 3. The molecule has 0 radical (unpaired) electrons. The van der Waals surface area contributed by atoms with E-state index in [-0.39, 0.29) is 5.91 Å². The number of carbonyl (C=O) groups is 1. The van der Waals surface area contributed by atoms with Gasteiger partial charge in [0.25, 0.3) is 5.91 Å². The molecule has 3 rings (SSSR count). The Morgan fingerprint density at radius 1 is 1.10 bits per heavy atom. The van der Waals surface area contributed by atoms with Crippen LogP contribution in [0.3, 0.4) is 0 Å². The molecule has 20 heavy (non-hydrogen) atoms. The van der Waals surface area contributed by atoms with E-state index in [0.717, 1.165) is 18.7 Å². The number of nitrogens with one attached hydrogen (secondary N) is 1. The van der Waals surface area contributed by atoms with Crippen molar-refractivity contribution >= 4 is 5.91 Å². The molecule has 0 spiro atoms. The van der Waals surface area contributed by atoms with Crippen molar-refractivity contribution < 1.29 is 9.53 Å². The van der Waals surface area contributed by atoms with Gasteiger partial charge < -0.3 is 15.0 Å². The summed E-state index contributed by atoms with van der Waals surface area (Å²) in [6, 6.07) is 8.22. The van der Waals surface area contributed by atoms with Gasteiger partial charge in [0.1, 0.15) is 0 Å². The highest BCUT2D eigenvalue weighted by molar-refractivity contribution is 5.94. The van der Waals surface area contributed by atoms with Crippen LogP contribution in [0.15, 0.2) is 24.3 Å². The molecule has 0 atom stereocenters. The smallest absolute Gasteiger partial charge is 0.254 e. The maximum absolute atomic E-state index is 12.3. The third kappa shape index (κ3) is 3.02. The average Bonchev–Trinajstić information content (AvgIpc) is 2.56. The van der Waals surface area contributed by atoms with Gasteiger partial charge in [-0.15, -0.1) is 0 Å². The van der Waals surface area contributed by atoms with E-state index in [1.807, 2.05) is 17.0 Å². The van der Waals surface area contributed by atoms with Crippen molar-refractivity contribution in [3.63, 3.8) is 0 Å². The highest BCUT2D eigenvalue weighted by Gasteiger charge is 2.19. The van der Waals surface area contributed by atoms with Crippen LogP contribution in [0.25, 0.3) is 0 Å². The van der Waals surface area contributed by atoms with E-state index in [2.05, 4.69) is 17.4 Å². The number of benzene rings is 1. The van der Waals surface area contributed by atoms with Gasteiger partial charge in [-0.2, -0.15) is 0 Å². The van der Waals surface area contributed by atoms with Gasteiger partial charge in [0.05, 0.1) is 13.2 Å². The zero-order valence-corrected chi connectivity index (χ0v) is 11.8. The summed E-state index contributed by atoms with van der Waals surface area (Å²) < 4.78 is 5.28. The van der Waals surface area contributed by atoms with Gasteiger partial charge in [-0.05, 0) is 49.5 Å². The summed E-state index contributed by atoms with van der Waals surface area (Å²) >= 11 is 0. The first-order valence-corrected chi connectivity index (χ1v) is 7.52. The van der Waals surface area contributed by atoms with Crippen LogP contribution >= 0.6 is 0 Å². The summed E-state index contributed by atoms with van der Waals surface area (Å²) in [4.78, 5) is 14.2. The second-order valence-electron chi connectivity index (χ2n) is 5.55. The zero-order valence-electron chi connectivity index (χ0n) is 11.8. The van der Waals surface area contributed by atoms with Crippen LogP contribution in [0.1, 0.15) is 34.7 Å². The van der Waals surface area contributed by atoms with Gasteiger partial charge in [0.15, 0.2) is 0 Å². The highest BCUT2D eigenvalue weighted by Crippen LogP contribution is 2.25. The molecule has 0 aliphatic carbocycles. The lowest BCUT2D eigenvalue weighted by molar-refractivity contribution is 0.0303. The minimum Gasteiger partial charge on any atom is -0.378 e. The number of hydrogen-bond donors (Lipinski definition) is 1. The number of piperidine rings is 1. The highest BCUT2D eigenvalue weighted by atomic mass is 16.5. The van der Waals surface area contributed by atoms with E-state index < -0.39 is 0 Å². The summed E-state index contributed by atoms with van der Waals surface area (Å²) in [5.41, 5.74) is 2.16. The van der Waals surface area contributed by atoms with Crippen LogP contribution in [-0.4, -0.2) is 50.2 Å². The Labute approximate surface area is 120 Å². The summed E-state index contributed by atoms with van der Waals surface area (Å²) in [5.74, 6) is 0.772. The van der Waals surface area contributed by atoms with E-state index in [1.54, 1.807) is 0 Å². The number of rotatable bonds is 2. The molecule has 2 aliphatic rings. The second kappa shape index (κ2) is 6.37. The lowest BCUT2D eigenvalue weighted by Crippen LogP contribution is -2.40. The quantitative estimate of drug-likeness (QED) is 0.891. The van der Waals surface area contributed by atoms with Gasteiger partial charge in [-0.25, -0.2) is 0 Å². The number of carbonyl (C=O) groups excluding carboxylic acids is 1. The molecule has 1 aromatic carbocycles. The Hall–Kier alpha value is -1.39. The number of ether oxygens (including phenoxy) is 1. The molecule has 0 saturated carbocycles. The molecule has 1 amide bonds. The van der Waals surface area contributed by atoms with Crippen LogP contribution in [0, 0.1) is 0 Å². The van der Waals surface area contributed by atoms with Crippen molar-refractivity contribution in [3.8, 4) is 0 Å². The van der Waals surface area contributed by atoms with E-state index >= 15 is 0 Å². The molecule has 0 bridgehead atoms. The Morgan fingerprint density at radius 2 is 1.75 bits per heavy atom. The summed E-state index contributed by atoms with van der Waals surface area (Å²) in [6.07, 6.45) is 2.38. The van der Waals surface area contributed by atoms with Gasteiger partial charge >= 0.3 is 0 Å². The SMILES string of the molecule is O=C(c1ccc(C2CCNCC2)cc1)N1CCOCC1. The summed E-state index contributed by atoms with van der Waals surface area (Å²) in [5, 5.41) is 3.38. The predicted octanol–water partition coefficient (Wildman–Crippen LogP) is 1.63. The maximum atomic E-state index is 12.3. The van der Waals surface area contributed by atoms with Gasteiger partial charge in [0, 0.05) is 18.7 Å². The second-order valence-corrected chi connectivity index (χ2v) is 5.55. The molecule has 2 aliphatic heterocycles. The molecule has 2 saturated heterocycles. The van der Waals surface area contributed by atoms with Crippen LogP contribution in [-0.2, 0) is 4.74 Å². The van der Waals surface area contributed by atoms with Crippen LogP contribution < -0.4 is 5.32 Å². The first-order valence-electron chi connectivity index (χ1n) is 7.52. The molecular weight excluding hydrogens is 252 g/mol. The van der Waals surface area contributed by atoms with Gasteiger partial charge in [-0.1, -0.05) is 12.1 Å². The van der Waals surface area contributed by atoms with Crippen molar-refractivity contribution in [3.05, 3.63) is 35.4 Å². The fraction of sp³-hybridized carbons (Fsp3) is 0.562. The van der Waals surface area contributed by atoms with E-state index in [1.165, 1.54) is 18.4 Å². The Morgan fingerprint density at radius 3 is 2.40 bits per heavy atom. The van der Waals surface area contributed by atoms with Crippen molar-refractivity contribution in [1.29, 1.82) is 0 Å². The summed E-state index contributed by atoms with van der Waals surface area (Å²) in [6.45, 7) is 4.90. The minimum atomic E-state index is 0.130. The average molecular weight is 274 g/mol. The third-order valence-electron chi connectivity index (χ3n) is 4.27. The van der Waals surface area contributed by atoms with Crippen molar-refractivity contribution in [2.75, 3.05) is 39.4 Å². The predicted molar refractivity (Wildman–Crippen MR) is 78.0 cm³/mol. The molecule has 0 unspecified atom stereocenters. The Kier molecular flexibility index (Phi) is 4.33. The van der Waals surface area contributed by atoms with Crippen molar-refractivity contribution in [1.82, 2.24) is 10.2 Å². The molecule has 1 aromatic rings. The molecule has 4 nitrogen and oxygen atoms in total. The lowest BCUT2D eigenvalue weighted by Gasteiger charge is -2.27. The standard InChI is InChI=1S/C16H22N2O2/c19-16(18-9-11-20-12-10-18)15-3-1-13(2-4-15)14-5-7-17-8-6-14/h1-4,14,17H,5-12H2. The van der Waals surface area contributed by atoms with E-state index in [9.17, 15) is 4.79 Å².